The zero-order chi connectivity index (χ0) is 20.3. The van der Waals surface area contributed by atoms with Crippen molar-refractivity contribution in [2.24, 2.45) is 0 Å². The van der Waals surface area contributed by atoms with E-state index in [1.807, 2.05) is 56.3 Å². The molecular formula is C22H22N2O4. The molecule has 0 fully saturated rings. The van der Waals surface area contributed by atoms with Gasteiger partial charge >= 0.3 is 11.9 Å². The standard InChI is InChI=1S/C22H22N2O4/c1-14-17-10-5-6-11-18(17)23-19(20(14)22(26)27-4)13-28-21(25)15-8-7-9-16(12-15)24(2)3/h5-12H,13H2,1-4H3. The molecule has 0 N–H and O–H groups in total. The number of aryl methyl sites for hydroxylation is 1. The van der Waals surface area contributed by atoms with Gasteiger partial charge in [-0.1, -0.05) is 24.3 Å². The number of hydrogen-bond acceptors (Lipinski definition) is 6. The second kappa shape index (κ2) is 8.08. The first-order chi connectivity index (χ1) is 13.4. The minimum Gasteiger partial charge on any atom is -0.465 e. The molecule has 6 heteroatoms. The summed E-state index contributed by atoms with van der Waals surface area (Å²) in [6.07, 6.45) is 0. The molecule has 0 aliphatic carbocycles. The highest BCUT2D eigenvalue weighted by Crippen LogP contribution is 2.24. The van der Waals surface area contributed by atoms with Crippen molar-refractivity contribution in [3.8, 4) is 0 Å². The number of pyridine rings is 1. The molecule has 0 saturated heterocycles. The van der Waals surface area contributed by atoms with Gasteiger partial charge in [0.2, 0.25) is 0 Å². The zero-order valence-corrected chi connectivity index (χ0v) is 16.4. The zero-order valence-electron chi connectivity index (χ0n) is 16.4. The number of para-hydroxylation sites is 1. The summed E-state index contributed by atoms with van der Waals surface area (Å²) in [4.78, 5) is 31.3. The largest absolute Gasteiger partial charge is 0.465 e. The molecule has 0 bridgehead atoms. The molecule has 0 saturated carbocycles. The van der Waals surface area contributed by atoms with Crippen LogP contribution in [0.2, 0.25) is 0 Å². The lowest BCUT2D eigenvalue weighted by Crippen LogP contribution is -2.14. The number of methoxy groups -OCH3 is 1. The van der Waals surface area contributed by atoms with E-state index >= 15 is 0 Å². The Morgan fingerprint density at radius 2 is 1.79 bits per heavy atom. The summed E-state index contributed by atoms with van der Waals surface area (Å²) in [6.45, 7) is 1.71. The van der Waals surface area contributed by atoms with Gasteiger partial charge in [0.25, 0.3) is 0 Å². The van der Waals surface area contributed by atoms with Crippen LogP contribution in [0.25, 0.3) is 10.9 Å². The van der Waals surface area contributed by atoms with Crippen LogP contribution in [0.5, 0.6) is 0 Å². The Morgan fingerprint density at radius 3 is 2.50 bits per heavy atom. The lowest BCUT2D eigenvalue weighted by Gasteiger charge is -2.15. The Hall–Kier alpha value is -3.41. The highest BCUT2D eigenvalue weighted by molar-refractivity contribution is 5.98. The van der Waals surface area contributed by atoms with E-state index in [-0.39, 0.29) is 6.61 Å². The van der Waals surface area contributed by atoms with Crippen LogP contribution in [0.4, 0.5) is 5.69 Å². The van der Waals surface area contributed by atoms with Gasteiger partial charge in [0.1, 0.15) is 6.61 Å². The van der Waals surface area contributed by atoms with Crippen molar-refractivity contribution in [2.45, 2.75) is 13.5 Å². The lowest BCUT2D eigenvalue weighted by atomic mass is 10.0. The molecule has 0 aliphatic heterocycles. The van der Waals surface area contributed by atoms with Crippen LogP contribution in [-0.4, -0.2) is 38.1 Å². The normalized spacial score (nSPS) is 10.6. The Kier molecular flexibility index (Phi) is 5.59. The van der Waals surface area contributed by atoms with Crippen LogP contribution >= 0.6 is 0 Å². The number of rotatable bonds is 5. The van der Waals surface area contributed by atoms with Crippen molar-refractivity contribution in [3.63, 3.8) is 0 Å². The van der Waals surface area contributed by atoms with Crippen LogP contribution in [-0.2, 0) is 16.1 Å². The van der Waals surface area contributed by atoms with Gasteiger partial charge in [-0.2, -0.15) is 0 Å². The maximum Gasteiger partial charge on any atom is 0.340 e. The van der Waals surface area contributed by atoms with Gasteiger partial charge in [-0.25, -0.2) is 14.6 Å². The quantitative estimate of drug-likeness (QED) is 0.630. The van der Waals surface area contributed by atoms with Crippen LogP contribution in [0.1, 0.15) is 32.0 Å². The number of nitrogens with zero attached hydrogens (tertiary/aromatic N) is 2. The highest BCUT2D eigenvalue weighted by atomic mass is 16.5. The molecule has 0 atom stereocenters. The third kappa shape index (κ3) is 3.81. The maximum atomic E-state index is 12.5. The summed E-state index contributed by atoms with van der Waals surface area (Å²) in [7, 11) is 5.11. The molecule has 2 aromatic carbocycles. The van der Waals surface area contributed by atoms with Gasteiger partial charge < -0.3 is 14.4 Å². The van der Waals surface area contributed by atoms with Gasteiger partial charge in [0.15, 0.2) is 0 Å². The van der Waals surface area contributed by atoms with Crippen LogP contribution in [0.15, 0.2) is 48.5 Å². The summed E-state index contributed by atoms with van der Waals surface area (Å²) >= 11 is 0. The average molecular weight is 378 g/mol. The van der Waals surface area contributed by atoms with Crippen LogP contribution in [0.3, 0.4) is 0 Å². The van der Waals surface area contributed by atoms with E-state index < -0.39 is 11.9 Å². The van der Waals surface area contributed by atoms with Crippen molar-refractivity contribution < 1.29 is 19.1 Å². The molecular weight excluding hydrogens is 356 g/mol. The number of aromatic nitrogens is 1. The molecule has 0 amide bonds. The second-order valence-electron chi connectivity index (χ2n) is 6.59. The number of hydrogen-bond donors (Lipinski definition) is 0. The van der Waals surface area contributed by atoms with Crippen LogP contribution in [0, 0.1) is 6.92 Å². The molecule has 3 rings (SSSR count). The monoisotopic (exact) mass is 378 g/mol. The lowest BCUT2D eigenvalue weighted by molar-refractivity contribution is 0.0455. The molecule has 3 aromatic rings. The minimum atomic E-state index is -0.503. The molecule has 0 aliphatic rings. The summed E-state index contributed by atoms with van der Waals surface area (Å²) < 4.78 is 10.4. The third-order valence-corrected chi connectivity index (χ3v) is 4.55. The third-order valence-electron chi connectivity index (χ3n) is 4.55. The van der Waals surface area contributed by atoms with E-state index in [0.29, 0.717) is 16.8 Å². The number of esters is 2. The van der Waals surface area contributed by atoms with E-state index in [2.05, 4.69) is 4.98 Å². The predicted molar refractivity (Wildman–Crippen MR) is 108 cm³/mol. The maximum absolute atomic E-state index is 12.5. The summed E-state index contributed by atoms with van der Waals surface area (Å²) in [5.74, 6) is -0.983. The number of carbonyl (C=O) groups excluding carboxylic acids is 2. The molecule has 1 aromatic heterocycles. The van der Waals surface area contributed by atoms with Gasteiger partial charge in [-0.05, 0) is 36.8 Å². The summed E-state index contributed by atoms with van der Waals surface area (Å²) in [5.41, 5.74) is 3.51. The van der Waals surface area contributed by atoms with E-state index in [4.69, 9.17) is 9.47 Å². The SMILES string of the molecule is COC(=O)c1c(COC(=O)c2cccc(N(C)C)c2)nc2ccccc2c1C. The number of benzene rings is 2. The van der Waals surface area contributed by atoms with E-state index in [0.717, 1.165) is 22.2 Å². The van der Waals surface area contributed by atoms with Crippen LogP contribution < -0.4 is 4.90 Å². The fourth-order valence-electron chi connectivity index (χ4n) is 3.05. The predicted octanol–water partition coefficient (Wildman–Crippen LogP) is 3.75. The fourth-order valence-corrected chi connectivity index (χ4v) is 3.05. The molecule has 1 heterocycles. The first-order valence-corrected chi connectivity index (χ1v) is 8.83. The number of ether oxygens (including phenoxy) is 2. The topological polar surface area (TPSA) is 68.7 Å². The Morgan fingerprint density at radius 1 is 1.04 bits per heavy atom. The summed E-state index contributed by atoms with van der Waals surface area (Å²) in [6, 6.07) is 14.6. The first kappa shape index (κ1) is 19.4. The van der Waals surface area contributed by atoms with Gasteiger partial charge in [0, 0.05) is 25.2 Å². The minimum absolute atomic E-state index is 0.124. The fraction of sp³-hybridized carbons (Fsp3) is 0.227. The van der Waals surface area contributed by atoms with Gasteiger partial charge in [-0.15, -0.1) is 0 Å². The van der Waals surface area contributed by atoms with E-state index in [9.17, 15) is 9.59 Å². The van der Waals surface area contributed by atoms with Crippen molar-refractivity contribution in [3.05, 3.63) is 70.9 Å². The molecule has 6 nitrogen and oxygen atoms in total. The first-order valence-electron chi connectivity index (χ1n) is 8.83. The highest BCUT2D eigenvalue weighted by Gasteiger charge is 2.21. The second-order valence-corrected chi connectivity index (χ2v) is 6.59. The van der Waals surface area contributed by atoms with Gasteiger partial charge in [-0.3, -0.25) is 0 Å². The van der Waals surface area contributed by atoms with Crippen molar-refractivity contribution >= 4 is 28.5 Å². The van der Waals surface area contributed by atoms with Crippen molar-refractivity contribution in [1.29, 1.82) is 0 Å². The van der Waals surface area contributed by atoms with Crippen molar-refractivity contribution in [2.75, 3.05) is 26.1 Å². The molecule has 144 valence electrons. The van der Waals surface area contributed by atoms with E-state index in [1.165, 1.54) is 7.11 Å². The summed E-state index contributed by atoms with van der Waals surface area (Å²) in [5, 5.41) is 0.858. The molecule has 0 radical (unpaired) electrons. The molecule has 0 spiro atoms. The Balaban J connectivity index is 1.92. The smallest absolute Gasteiger partial charge is 0.340 e. The van der Waals surface area contributed by atoms with Gasteiger partial charge in [0.05, 0.1) is 29.4 Å². The Bertz CT molecular complexity index is 1040. The number of fused-ring (bicyclic) bond motifs is 1. The average Bonchev–Trinajstić information content (AvgIpc) is 2.71. The number of anilines is 1. The van der Waals surface area contributed by atoms with Crippen molar-refractivity contribution in [1.82, 2.24) is 4.98 Å². The number of carbonyl (C=O) groups is 2. The molecule has 28 heavy (non-hydrogen) atoms. The Labute approximate surface area is 163 Å². The molecule has 0 unspecified atom stereocenters. The van der Waals surface area contributed by atoms with E-state index in [1.54, 1.807) is 18.2 Å².